The number of hydrogen-bond donors (Lipinski definition) is 1. The lowest BCUT2D eigenvalue weighted by Crippen LogP contribution is -2.51. The first-order chi connectivity index (χ1) is 8.96. The van der Waals surface area contributed by atoms with E-state index in [1.54, 1.807) is 12.1 Å². The smallest absolute Gasteiger partial charge is 0.141 e. The highest BCUT2D eigenvalue weighted by Crippen LogP contribution is 2.18. The van der Waals surface area contributed by atoms with Gasteiger partial charge in [-0.2, -0.15) is 0 Å². The standard InChI is InChI=1S/C14H19ClFNO2/c1-14(2)9-17-6-11(19-14)8-18-7-10-3-4-13(16)12(15)5-10/h3-5,11,17H,6-9H2,1-2H3. The van der Waals surface area contributed by atoms with Gasteiger partial charge in [-0.25, -0.2) is 4.39 Å². The zero-order valence-corrected chi connectivity index (χ0v) is 12.0. The first kappa shape index (κ1) is 14.7. The Morgan fingerprint density at radius 3 is 3.00 bits per heavy atom. The van der Waals surface area contributed by atoms with Gasteiger partial charge in [-0.3, -0.25) is 0 Å². The molecule has 5 heteroatoms. The molecule has 2 rings (SSSR count). The largest absolute Gasteiger partial charge is 0.374 e. The molecule has 1 fully saturated rings. The lowest BCUT2D eigenvalue weighted by atomic mass is 10.1. The van der Waals surface area contributed by atoms with E-state index >= 15 is 0 Å². The van der Waals surface area contributed by atoms with Crippen LogP contribution in [0.5, 0.6) is 0 Å². The second-order valence-corrected chi connectivity index (χ2v) is 5.80. The molecule has 1 unspecified atom stereocenters. The Morgan fingerprint density at radius 2 is 2.32 bits per heavy atom. The van der Waals surface area contributed by atoms with Crippen LogP contribution in [0, 0.1) is 5.82 Å². The van der Waals surface area contributed by atoms with Crippen molar-refractivity contribution >= 4 is 11.6 Å². The van der Waals surface area contributed by atoms with Gasteiger partial charge in [0, 0.05) is 13.1 Å². The molecule has 0 amide bonds. The van der Waals surface area contributed by atoms with Crippen LogP contribution in [0.2, 0.25) is 5.02 Å². The SMILES string of the molecule is CC1(C)CNCC(COCc2ccc(F)c(Cl)c2)O1. The maximum absolute atomic E-state index is 13.0. The van der Waals surface area contributed by atoms with E-state index in [0.717, 1.165) is 18.7 Å². The lowest BCUT2D eigenvalue weighted by Gasteiger charge is -2.36. The Balaban J connectivity index is 1.78. The summed E-state index contributed by atoms with van der Waals surface area (Å²) in [6, 6.07) is 4.61. The molecule has 0 bridgehead atoms. The summed E-state index contributed by atoms with van der Waals surface area (Å²) in [5, 5.41) is 3.44. The van der Waals surface area contributed by atoms with Crippen LogP contribution in [-0.2, 0) is 16.1 Å². The van der Waals surface area contributed by atoms with Crippen molar-refractivity contribution < 1.29 is 13.9 Å². The number of halogens is 2. The van der Waals surface area contributed by atoms with Crippen LogP contribution < -0.4 is 5.32 Å². The summed E-state index contributed by atoms with van der Waals surface area (Å²) in [4.78, 5) is 0. The fraction of sp³-hybridized carbons (Fsp3) is 0.571. The minimum atomic E-state index is -0.410. The van der Waals surface area contributed by atoms with Crippen LogP contribution >= 0.6 is 11.6 Å². The van der Waals surface area contributed by atoms with Gasteiger partial charge >= 0.3 is 0 Å². The number of morpholine rings is 1. The molecule has 1 N–H and O–H groups in total. The molecular weight excluding hydrogens is 269 g/mol. The van der Waals surface area contributed by atoms with Crippen molar-refractivity contribution in [3.63, 3.8) is 0 Å². The molecule has 3 nitrogen and oxygen atoms in total. The molecule has 1 aromatic carbocycles. The van der Waals surface area contributed by atoms with Gasteiger partial charge in [-0.1, -0.05) is 17.7 Å². The molecule has 1 aliphatic heterocycles. The van der Waals surface area contributed by atoms with Crippen molar-refractivity contribution in [2.24, 2.45) is 0 Å². The van der Waals surface area contributed by atoms with Crippen molar-refractivity contribution in [2.75, 3.05) is 19.7 Å². The van der Waals surface area contributed by atoms with Crippen molar-refractivity contribution in [2.45, 2.75) is 32.2 Å². The maximum Gasteiger partial charge on any atom is 0.141 e. The van der Waals surface area contributed by atoms with Gasteiger partial charge in [0.2, 0.25) is 0 Å². The van der Waals surface area contributed by atoms with Crippen LogP contribution in [0.1, 0.15) is 19.4 Å². The van der Waals surface area contributed by atoms with E-state index in [9.17, 15) is 4.39 Å². The Hall–Kier alpha value is -0.680. The maximum atomic E-state index is 13.0. The average Bonchev–Trinajstić information content (AvgIpc) is 2.32. The number of nitrogens with one attached hydrogen (secondary N) is 1. The predicted molar refractivity (Wildman–Crippen MR) is 72.9 cm³/mol. The molecular formula is C14H19ClFNO2. The molecule has 1 aromatic rings. The number of rotatable bonds is 4. The summed E-state index contributed by atoms with van der Waals surface area (Å²) in [7, 11) is 0. The normalized spacial score (nSPS) is 22.4. The van der Waals surface area contributed by atoms with Crippen molar-refractivity contribution in [1.29, 1.82) is 0 Å². The van der Waals surface area contributed by atoms with Crippen LogP contribution in [0.25, 0.3) is 0 Å². The molecule has 1 atom stereocenters. The van der Waals surface area contributed by atoms with Crippen LogP contribution in [-0.4, -0.2) is 31.4 Å². The summed E-state index contributed by atoms with van der Waals surface area (Å²) < 4.78 is 24.5. The van der Waals surface area contributed by atoms with Gasteiger partial charge in [0.1, 0.15) is 5.82 Å². The van der Waals surface area contributed by atoms with E-state index < -0.39 is 5.82 Å². The molecule has 1 saturated heterocycles. The van der Waals surface area contributed by atoms with E-state index in [0.29, 0.717) is 13.2 Å². The van der Waals surface area contributed by atoms with Crippen molar-refractivity contribution in [3.05, 3.63) is 34.6 Å². The molecule has 19 heavy (non-hydrogen) atoms. The van der Waals surface area contributed by atoms with Gasteiger partial charge in [0.25, 0.3) is 0 Å². The van der Waals surface area contributed by atoms with Gasteiger partial charge < -0.3 is 14.8 Å². The first-order valence-corrected chi connectivity index (χ1v) is 6.74. The molecule has 1 heterocycles. The summed E-state index contributed by atoms with van der Waals surface area (Å²) >= 11 is 5.71. The monoisotopic (exact) mass is 287 g/mol. The van der Waals surface area contributed by atoms with Crippen molar-refractivity contribution in [3.8, 4) is 0 Å². The highest BCUT2D eigenvalue weighted by atomic mass is 35.5. The van der Waals surface area contributed by atoms with Crippen LogP contribution in [0.15, 0.2) is 18.2 Å². The highest BCUT2D eigenvalue weighted by molar-refractivity contribution is 6.30. The molecule has 1 aliphatic rings. The molecule has 0 spiro atoms. The zero-order chi connectivity index (χ0) is 13.9. The summed E-state index contributed by atoms with van der Waals surface area (Å²) in [5.74, 6) is -0.410. The van der Waals surface area contributed by atoms with Gasteiger partial charge in [-0.05, 0) is 31.5 Å². The number of benzene rings is 1. The topological polar surface area (TPSA) is 30.5 Å². The second-order valence-electron chi connectivity index (χ2n) is 5.39. The van der Waals surface area contributed by atoms with E-state index in [1.807, 2.05) is 13.8 Å². The van der Waals surface area contributed by atoms with E-state index in [1.165, 1.54) is 6.07 Å². The third-order valence-corrected chi connectivity index (χ3v) is 3.25. The van der Waals surface area contributed by atoms with Gasteiger partial charge in [-0.15, -0.1) is 0 Å². The average molecular weight is 288 g/mol. The van der Waals surface area contributed by atoms with E-state index in [4.69, 9.17) is 21.1 Å². The predicted octanol–water partition coefficient (Wildman–Crippen LogP) is 2.76. The minimum Gasteiger partial charge on any atom is -0.374 e. The van der Waals surface area contributed by atoms with Crippen LogP contribution in [0.4, 0.5) is 4.39 Å². The fourth-order valence-electron chi connectivity index (χ4n) is 2.10. The van der Waals surface area contributed by atoms with Gasteiger partial charge in [0.05, 0.1) is 29.9 Å². The van der Waals surface area contributed by atoms with E-state index in [2.05, 4.69) is 5.32 Å². The Kier molecular flexibility index (Phi) is 4.79. The summed E-state index contributed by atoms with van der Waals surface area (Å²) in [6.45, 7) is 6.63. The first-order valence-electron chi connectivity index (χ1n) is 6.36. The minimum absolute atomic E-state index is 0.0414. The molecule has 0 saturated carbocycles. The molecule has 106 valence electrons. The summed E-state index contributed by atoms with van der Waals surface area (Å²) in [6.07, 6.45) is 0.0414. The molecule has 0 aromatic heterocycles. The number of ether oxygens (including phenoxy) is 2. The molecule has 0 aliphatic carbocycles. The fourth-order valence-corrected chi connectivity index (χ4v) is 2.30. The van der Waals surface area contributed by atoms with Gasteiger partial charge in [0.15, 0.2) is 0 Å². The third kappa shape index (κ3) is 4.42. The summed E-state index contributed by atoms with van der Waals surface area (Å²) in [5.41, 5.74) is 0.695. The molecule has 0 radical (unpaired) electrons. The third-order valence-electron chi connectivity index (χ3n) is 2.96. The Morgan fingerprint density at radius 1 is 1.53 bits per heavy atom. The zero-order valence-electron chi connectivity index (χ0n) is 11.2. The second kappa shape index (κ2) is 6.18. The Labute approximate surface area is 118 Å². The van der Waals surface area contributed by atoms with Crippen LogP contribution in [0.3, 0.4) is 0 Å². The highest BCUT2D eigenvalue weighted by Gasteiger charge is 2.28. The van der Waals surface area contributed by atoms with Crippen molar-refractivity contribution in [1.82, 2.24) is 5.32 Å². The van der Waals surface area contributed by atoms with E-state index in [-0.39, 0.29) is 16.7 Å². The lowest BCUT2D eigenvalue weighted by molar-refractivity contribution is -0.122. The Bertz CT molecular complexity index is 439. The number of hydrogen-bond acceptors (Lipinski definition) is 3. The quantitative estimate of drug-likeness (QED) is 0.924.